The van der Waals surface area contributed by atoms with Crippen molar-refractivity contribution in [2.75, 3.05) is 20.1 Å². The summed E-state index contributed by atoms with van der Waals surface area (Å²) in [4.78, 5) is 1.63. The quantitative estimate of drug-likeness (QED) is 0.750. The monoisotopic (exact) mass is 279 g/mol. The van der Waals surface area contributed by atoms with Crippen LogP contribution in [0.3, 0.4) is 0 Å². The molecule has 1 fully saturated rings. The number of likely N-dealkylation sites (tertiary alicyclic amines) is 1. The highest BCUT2D eigenvalue weighted by molar-refractivity contribution is 6.36. The molecule has 17 heavy (non-hydrogen) atoms. The molecular formula is C12H13Cl2F2N. The SMILES string of the molecule is CN1CCC(c2c(Cl)cccc2Cl)C(F)(F)C1. The van der Waals surface area contributed by atoms with Crippen LogP contribution >= 0.6 is 23.2 Å². The smallest absolute Gasteiger partial charge is 0.267 e. The van der Waals surface area contributed by atoms with Crippen molar-refractivity contribution >= 4 is 23.2 Å². The molecule has 0 bridgehead atoms. The van der Waals surface area contributed by atoms with Crippen LogP contribution in [0.4, 0.5) is 8.78 Å². The van der Waals surface area contributed by atoms with Crippen LogP contribution in [0.2, 0.25) is 10.0 Å². The summed E-state index contributed by atoms with van der Waals surface area (Å²) in [6, 6.07) is 4.88. The molecule has 1 aromatic rings. The van der Waals surface area contributed by atoms with Crippen LogP contribution in [0.5, 0.6) is 0 Å². The van der Waals surface area contributed by atoms with E-state index in [1.807, 2.05) is 0 Å². The number of nitrogens with zero attached hydrogens (tertiary/aromatic N) is 1. The van der Waals surface area contributed by atoms with Gasteiger partial charge in [0.05, 0.1) is 12.5 Å². The van der Waals surface area contributed by atoms with E-state index in [-0.39, 0.29) is 6.54 Å². The molecule has 0 radical (unpaired) electrons. The molecule has 0 amide bonds. The van der Waals surface area contributed by atoms with Crippen molar-refractivity contribution in [3.63, 3.8) is 0 Å². The first-order valence-corrected chi connectivity index (χ1v) is 6.17. The maximum atomic E-state index is 14.0. The fourth-order valence-electron chi connectivity index (χ4n) is 2.31. The molecule has 1 aliphatic heterocycles. The molecule has 1 aromatic carbocycles. The van der Waals surface area contributed by atoms with E-state index in [2.05, 4.69) is 0 Å². The summed E-state index contributed by atoms with van der Waals surface area (Å²) < 4.78 is 28.0. The van der Waals surface area contributed by atoms with Gasteiger partial charge in [-0.05, 0) is 37.7 Å². The second kappa shape index (κ2) is 4.71. The molecule has 94 valence electrons. The maximum absolute atomic E-state index is 14.0. The van der Waals surface area contributed by atoms with Gasteiger partial charge in [-0.15, -0.1) is 0 Å². The summed E-state index contributed by atoms with van der Waals surface area (Å²) in [7, 11) is 1.69. The van der Waals surface area contributed by atoms with E-state index < -0.39 is 11.8 Å². The van der Waals surface area contributed by atoms with E-state index in [0.29, 0.717) is 28.6 Å². The van der Waals surface area contributed by atoms with Gasteiger partial charge in [0.2, 0.25) is 0 Å². The second-order valence-corrected chi connectivity index (χ2v) is 5.29. The van der Waals surface area contributed by atoms with Crippen molar-refractivity contribution < 1.29 is 8.78 Å². The molecule has 0 spiro atoms. The highest BCUT2D eigenvalue weighted by Crippen LogP contribution is 2.44. The van der Waals surface area contributed by atoms with E-state index in [9.17, 15) is 8.78 Å². The number of rotatable bonds is 1. The zero-order valence-electron chi connectivity index (χ0n) is 9.39. The average Bonchev–Trinajstić information content (AvgIpc) is 2.19. The van der Waals surface area contributed by atoms with Crippen LogP contribution in [-0.2, 0) is 0 Å². The minimum absolute atomic E-state index is 0.251. The number of piperidine rings is 1. The van der Waals surface area contributed by atoms with Crippen molar-refractivity contribution in [2.24, 2.45) is 0 Å². The predicted molar refractivity (Wildman–Crippen MR) is 66.3 cm³/mol. The highest BCUT2D eigenvalue weighted by atomic mass is 35.5. The summed E-state index contributed by atoms with van der Waals surface area (Å²) in [6.45, 7) is 0.376. The Hall–Kier alpha value is -0.380. The fourth-order valence-corrected chi connectivity index (χ4v) is 2.97. The molecule has 1 nitrogen and oxygen atoms in total. The summed E-state index contributed by atoms with van der Waals surface area (Å²) in [5.41, 5.74) is 0.383. The minimum Gasteiger partial charge on any atom is -0.301 e. The normalized spacial score (nSPS) is 24.9. The van der Waals surface area contributed by atoms with Crippen molar-refractivity contribution in [1.82, 2.24) is 4.90 Å². The molecule has 0 aromatic heterocycles. The lowest BCUT2D eigenvalue weighted by Gasteiger charge is -2.37. The Morgan fingerprint density at radius 1 is 1.29 bits per heavy atom. The van der Waals surface area contributed by atoms with Crippen molar-refractivity contribution in [1.29, 1.82) is 0 Å². The van der Waals surface area contributed by atoms with Gasteiger partial charge < -0.3 is 4.90 Å². The molecule has 0 aliphatic carbocycles. The van der Waals surface area contributed by atoms with Gasteiger partial charge in [0, 0.05) is 10.0 Å². The molecule has 1 heterocycles. The van der Waals surface area contributed by atoms with E-state index in [0.717, 1.165) is 0 Å². The van der Waals surface area contributed by atoms with Crippen LogP contribution < -0.4 is 0 Å². The van der Waals surface area contributed by atoms with Gasteiger partial charge in [0.1, 0.15) is 0 Å². The van der Waals surface area contributed by atoms with Gasteiger partial charge in [-0.3, -0.25) is 0 Å². The van der Waals surface area contributed by atoms with Crippen molar-refractivity contribution in [3.8, 4) is 0 Å². The first kappa shape index (κ1) is 13.1. The third kappa shape index (κ3) is 2.56. The van der Waals surface area contributed by atoms with Gasteiger partial charge in [0.15, 0.2) is 0 Å². The molecular weight excluding hydrogens is 267 g/mol. The van der Waals surface area contributed by atoms with Crippen molar-refractivity contribution in [2.45, 2.75) is 18.3 Å². The number of hydrogen-bond acceptors (Lipinski definition) is 1. The zero-order chi connectivity index (χ0) is 12.6. The molecule has 0 N–H and O–H groups in total. The van der Waals surface area contributed by atoms with E-state index in [1.54, 1.807) is 30.1 Å². The molecule has 1 unspecified atom stereocenters. The first-order valence-electron chi connectivity index (χ1n) is 5.42. The van der Waals surface area contributed by atoms with Gasteiger partial charge in [-0.25, -0.2) is 8.78 Å². The number of benzene rings is 1. The summed E-state index contributed by atoms with van der Waals surface area (Å²) in [5.74, 6) is -3.68. The van der Waals surface area contributed by atoms with Gasteiger partial charge in [-0.2, -0.15) is 0 Å². The Labute approximate surface area is 109 Å². The Kier molecular flexibility index (Phi) is 3.62. The second-order valence-electron chi connectivity index (χ2n) is 4.48. The topological polar surface area (TPSA) is 3.24 Å². The van der Waals surface area contributed by atoms with Crippen LogP contribution in [0.25, 0.3) is 0 Å². The summed E-state index contributed by atoms with van der Waals surface area (Å²) >= 11 is 12.0. The van der Waals surface area contributed by atoms with Crippen LogP contribution in [0.1, 0.15) is 17.9 Å². The lowest BCUT2D eigenvalue weighted by atomic mass is 9.86. The Morgan fingerprint density at radius 2 is 1.88 bits per heavy atom. The molecule has 1 atom stereocenters. The maximum Gasteiger partial charge on any atom is 0.267 e. The molecule has 2 rings (SSSR count). The summed E-state index contributed by atoms with van der Waals surface area (Å²) in [5, 5.41) is 0.651. The Balaban J connectivity index is 2.39. The molecule has 1 aliphatic rings. The lowest BCUT2D eigenvalue weighted by Crippen LogP contribution is -2.45. The molecule has 0 saturated carbocycles. The van der Waals surface area contributed by atoms with E-state index in [4.69, 9.17) is 23.2 Å². The van der Waals surface area contributed by atoms with Crippen LogP contribution in [0.15, 0.2) is 18.2 Å². The van der Waals surface area contributed by atoms with Crippen molar-refractivity contribution in [3.05, 3.63) is 33.8 Å². The minimum atomic E-state index is -2.79. The lowest BCUT2D eigenvalue weighted by molar-refractivity contribution is -0.0765. The molecule has 5 heteroatoms. The predicted octanol–water partition coefficient (Wildman–Crippen LogP) is 4.05. The highest BCUT2D eigenvalue weighted by Gasteiger charge is 2.45. The first-order chi connectivity index (χ1) is 7.92. The number of halogens is 4. The number of hydrogen-bond donors (Lipinski definition) is 0. The van der Waals surface area contributed by atoms with E-state index >= 15 is 0 Å². The fraction of sp³-hybridized carbons (Fsp3) is 0.500. The average molecular weight is 280 g/mol. The third-order valence-electron chi connectivity index (χ3n) is 3.14. The molecule has 1 saturated heterocycles. The largest absolute Gasteiger partial charge is 0.301 e. The van der Waals surface area contributed by atoms with E-state index in [1.165, 1.54) is 0 Å². The Morgan fingerprint density at radius 3 is 2.41 bits per heavy atom. The zero-order valence-corrected chi connectivity index (χ0v) is 10.9. The van der Waals surface area contributed by atoms with Gasteiger partial charge in [0.25, 0.3) is 5.92 Å². The number of alkyl halides is 2. The van der Waals surface area contributed by atoms with Crippen LogP contribution in [0, 0.1) is 0 Å². The third-order valence-corrected chi connectivity index (χ3v) is 3.80. The summed E-state index contributed by atoms with van der Waals surface area (Å²) in [6.07, 6.45) is 0.368. The van der Waals surface area contributed by atoms with Gasteiger partial charge in [-0.1, -0.05) is 29.3 Å². The standard InChI is InChI=1S/C12H13Cl2F2N/c1-17-6-5-8(12(15,16)7-17)11-9(13)3-2-4-10(11)14/h2-4,8H,5-7H2,1H3. The van der Waals surface area contributed by atoms with Crippen LogP contribution in [-0.4, -0.2) is 31.0 Å². The Bertz CT molecular complexity index is 403. The van der Waals surface area contributed by atoms with Gasteiger partial charge >= 0.3 is 0 Å².